The van der Waals surface area contributed by atoms with E-state index in [1.165, 1.54) is 23.5 Å². The van der Waals surface area contributed by atoms with Gasteiger partial charge in [0.2, 0.25) is 15.9 Å². The Hall–Kier alpha value is -2.23. The molecular weight excluding hydrogens is 434 g/mol. The van der Waals surface area contributed by atoms with Gasteiger partial charge in [-0.2, -0.15) is 15.6 Å². The highest BCUT2D eigenvalue weighted by atomic mass is 32.2. The topological polar surface area (TPSA) is 95.6 Å². The number of benzene rings is 1. The van der Waals surface area contributed by atoms with Gasteiger partial charge in [-0.3, -0.25) is 9.59 Å². The minimum atomic E-state index is -3.54. The molecule has 168 valence electrons. The number of nitrogens with one attached hydrogen (secondary N) is 2. The summed E-state index contributed by atoms with van der Waals surface area (Å²) in [6.07, 6.45) is 1.81. The molecule has 7 nitrogen and oxygen atoms in total. The molecule has 1 fully saturated rings. The Labute approximate surface area is 187 Å². The lowest BCUT2D eigenvalue weighted by Gasteiger charge is -2.34. The van der Waals surface area contributed by atoms with E-state index in [4.69, 9.17) is 0 Å². The van der Waals surface area contributed by atoms with Gasteiger partial charge >= 0.3 is 0 Å². The molecule has 1 aromatic carbocycles. The molecule has 1 aliphatic rings. The number of thiophene rings is 1. The fourth-order valence-electron chi connectivity index (χ4n) is 3.83. The lowest BCUT2D eigenvalue weighted by atomic mass is 9.94. The number of rotatable bonds is 8. The maximum Gasteiger partial charge on any atom is 0.252 e. The Morgan fingerprint density at radius 2 is 1.77 bits per heavy atom. The first-order chi connectivity index (χ1) is 14.8. The zero-order valence-electron chi connectivity index (χ0n) is 17.8. The normalized spacial score (nSPS) is 19.7. The van der Waals surface area contributed by atoms with E-state index >= 15 is 0 Å². The van der Waals surface area contributed by atoms with Crippen LogP contribution in [0, 0.1) is 11.8 Å². The van der Waals surface area contributed by atoms with Crippen LogP contribution in [-0.2, 0) is 14.8 Å². The van der Waals surface area contributed by atoms with E-state index in [0.29, 0.717) is 49.1 Å². The van der Waals surface area contributed by atoms with Crippen LogP contribution >= 0.6 is 11.3 Å². The second-order valence-corrected chi connectivity index (χ2v) is 10.9. The Morgan fingerprint density at radius 3 is 2.39 bits per heavy atom. The molecule has 2 aromatic rings. The molecule has 1 aliphatic heterocycles. The molecule has 2 atom stereocenters. The molecule has 0 radical (unpaired) electrons. The number of anilines is 1. The molecule has 1 saturated heterocycles. The second kappa shape index (κ2) is 10.4. The first-order valence-corrected chi connectivity index (χ1v) is 12.8. The predicted molar refractivity (Wildman–Crippen MR) is 123 cm³/mol. The number of amides is 2. The van der Waals surface area contributed by atoms with Gasteiger partial charge in [0.25, 0.3) is 5.91 Å². The summed E-state index contributed by atoms with van der Waals surface area (Å²) < 4.78 is 27.4. The number of nitrogens with zero attached hydrogens (tertiary/aromatic N) is 1. The summed E-state index contributed by atoms with van der Waals surface area (Å²) >= 11 is 1.46. The van der Waals surface area contributed by atoms with Crippen LogP contribution in [0.2, 0.25) is 0 Å². The highest BCUT2D eigenvalue weighted by Gasteiger charge is 2.31. The van der Waals surface area contributed by atoms with Crippen LogP contribution in [0.25, 0.3) is 0 Å². The molecule has 2 N–H and O–H groups in total. The van der Waals surface area contributed by atoms with Gasteiger partial charge in [-0.1, -0.05) is 13.8 Å². The number of hydrogen-bond acceptors (Lipinski definition) is 5. The van der Waals surface area contributed by atoms with Crippen molar-refractivity contribution in [2.24, 2.45) is 11.8 Å². The summed E-state index contributed by atoms with van der Waals surface area (Å²) in [5.41, 5.74) is 1.17. The van der Waals surface area contributed by atoms with E-state index in [1.54, 1.807) is 27.9 Å². The van der Waals surface area contributed by atoms with Crippen LogP contribution in [0.5, 0.6) is 0 Å². The van der Waals surface area contributed by atoms with Crippen molar-refractivity contribution in [2.45, 2.75) is 38.0 Å². The summed E-state index contributed by atoms with van der Waals surface area (Å²) in [6, 6.07) is 8.05. The Morgan fingerprint density at radius 1 is 1.10 bits per heavy atom. The summed E-state index contributed by atoms with van der Waals surface area (Å²) in [4.78, 5) is 24.2. The number of hydrogen-bond donors (Lipinski definition) is 2. The number of carbonyl (C=O) groups is 2. The highest BCUT2D eigenvalue weighted by molar-refractivity contribution is 7.89. The number of piperidine rings is 1. The van der Waals surface area contributed by atoms with Gasteiger partial charge in [0.1, 0.15) is 0 Å². The number of sulfonamides is 1. The van der Waals surface area contributed by atoms with Crippen molar-refractivity contribution in [1.29, 1.82) is 0 Å². The minimum absolute atomic E-state index is 0.143. The zero-order chi connectivity index (χ0) is 22.4. The van der Waals surface area contributed by atoms with Gasteiger partial charge in [-0.05, 0) is 60.4 Å². The minimum Gasteiger partial charge on any atom is -0.352 e. The molecule has 31 heavy (non-hydrogen) atoms. The van der Waals surface area contributed by atoms with E-state index in [1.807, 2.05) is 5.38 Å². The first kappa shape index (κ1) is 23.4. The summed E-state index contributed by atoms with van der Waals surface area (Å²) in [5, 5.41) is 9.17. The smallest absolute Gasteiger partial charge is 0.252 e. The maximum atomic E-state index is 12.9. The Balaban J connectivity index is 1.47. The third-order valence-electron chi connectivity index (χ3n) is 5.26. The monoisotopic (exact) mass is 463 g/mol. The summed E-state index contributed by atoms with van der Waals surface area (Å²) in [6.45, 7) is 5.63. The maximum absolute atomic E-state index is 12.9. The molecule has 0 saturated carbocycles. The summed E-state index contributed by atoms with van der Waals surface area (Å²) in [7, 11) is -3.54. The third kappa shape index (κ3) is 6.38. The van der Waals surface area contributed by atoms with Crippen LogP contribution in [-0.4, -0.2) is 44.2 Å². The van der Waals surface area contributed by atoms with Crippen LogP contribution < -0.4 is 10.6 Å². The Kier molecular flexibility index (Phi) is 7.85. The van der Waals surface area contributed by atoms with Crippen molar-refractivity contribution in [3.8, 4) is 0 Å². The van der Waals surface area contributed by atoms with Crippen molar-refractivity contribution in [3.63, 3.8) is 0 Å². The number of carbonyl (C=O) groups excluding carboxylic acids is 2. The summed E-state index contributed by atoms with van der Waals surface area (Å²) in [5.74, 6) is 0.356. The Bertz CT molecular complexity index is 978. The van der Waals surface area contributed by atoms with Gasteiger partial charge in [-0.15, -0.1) is 0 Å². The molecule has 2 unspecified atom stereocenters. The third-order valence-corrected chi connectivity index (χ3v) is 7.79. The lowest BCUT2D eigenvalue weighted by molar-refractivity contribution is -0.116. The van der Waals surface area contributed by atoms with Crippen LogP contribution in [0.4, 0.5) is 5.69 Å². The van der Waals surface area contributed by atoms with Gasteiger partial charge in [-0.25, -0.2) is 8.42 Å². The van der Waals surface area contributed by atoms with Crippen molar-refractivity contribution >= 4 is 38.9 Å². The van der Waals surface area contributed by atoms with Crippen molar-refractivity contribution in [3.05, 3.63) is 46.7 Å². The van der Waals surface area contributed by atoms with Crippen molar-refractivity contribution in [2.75, 3.05) is 25.0 Å². The van der Waals surface area contributed by atoms with Crippen molar-refractivity contribution < 1.29 is 18.0 Å². The van der Waals surface area contributed by atoms with Gasteiger partial charge in [0.05, 0.1) is 4.90 Å². The predicted octanol–water partition coefficient (Wildman–Crippen LogP) is 3.56. The van der Waals surface area contributed by atoms with E-state index in [0.717, 1.165) is 6.42 Å². The van der Waals surface area contributed by atoms with Crippen LogP contribution in [0.3, 0.4) is 0 Å². The van der Waals surface area contributed by atoms with E-state index in [9.17, 15) is 18.0 Å². The molecular formula is C22H29N3O4S2. The van der Waals surface area contributed by atoms with Crippen LogP contribution in [0.15, 0.2) is 46.0 Å². The van der Waals surface area contributed by atoms with Gasteiger partial charge in [0, 0.05) is 42.7 Å². The van der Waals surface area contributed by atoms with Crippen molar-refractivity contribution in [1.82, 2.24) is 9.62 Å². The molecule has 0 bridgehead atoms. The fraction of sp³-hybridized carbons (Fsp3) is 0.455. The molecule has 2 heterocycles. The second-order valence-electron chi connectivity index (χ2n) is 8.21. The quantitative estimate of drug-likeness (QED) is 0.585. The molecule has 1 aromatic heterocycles. The van der Waals surface area contributed by atoms with E-state index < -0.39 is 10.0 Å². The highest BCUT2D eigenvalue weighted by Crippen LogP contribution is 2.27. The molecule has 2 amide bonds. The molecule has 3 rings (SSSR count). The van der Waals surface area contributed by atoms with E-state index in [2.05, 4.69) is 24.5 Å². The standard InChI is InChI=1S/C22H29N3O4S2/c1-16-12-17(2)14-25(13-16)31(28,29)20-7-5-19(6-8-20)24-21(26)4-3-10-23-22(27)18-9-11-30-15-18/h5-9,11,15-17H,3-4,10,12-14H2,1-2H3,(H,23,27)(H,24,26). The van der Waals surface area contributed by atoms with Gasteiger partial charge < -0.3 is 10.6 Å². The SMILES string of the molecule is CC1CC(C)CN(S(=O)(=O)c2ccc(NC(=O)CCCNC(=O)c3ccsc3)cc2)C1. The van der Waals surface area contributed by atoms with Gasteiger partial charge in [0.15, 0.2) is 0 Å². The molecule has 0 aliphatic carbocycles. The molecule has 9 heteroatoms. The molecule has 0 spiro atoms. The zero-order valence-corrected chi connectivity index (χ0v) is 19.5. The lowest BCUT2D eigenvalue weighted by Crippen LogP contribution is -2.42. The largest absolute Gasteiger partial charge is 0.352 e. The average molecular weight is 464 g/mol. The van der Waals surface area contributed by atoms with Crippen LogP contribution in [0.1, 0.15) is 43.5 Å². The van der Waals surface area contributed by atoms with E-state index in [-0.39, 0.29) is 23.1 Å². The fourth-order valence-corrected chi connectivity index (χ4v) is 6.15. The first-order valence-electron chi connectivity index (χ1n) is 10.5. The average Bonchev–Trinajstić information content (AvgIpc) is 3.26.